The highest BCUT2D eigenvalue weighted by molar-refractivity contribution is 5.70. The molecule has 2 fully saturated rings. The van der Waals surface area contributed by atoms with E-state index in [0.717, 1.165) is 0 Å². The first-order valence-electron chi connectivity index (χ1n) is 7.43. The van der Waals surface area contributed by atoms with Crippen molar-refractivity contribution in [3.63, 3.8) is 0 Å². The summed E-state index contributed by atoms with van der Waals surface area (Å²) in [6.45, 7) is 0.365. The van der Waals surface area contributed by atoms with Gasteiger partial charge in [-0.15, -0.1) is 0 Å². The van der Waals surface area contributed by atoms with Gasteiger partial charge in [-0.05, 0) is 0 Å². The Labute approximate surface area is 135 Å². The predicted octanol–water partition coefficient (Wildman–Crippen LogP) is -0.460. The minimum absolute atomic E-state index is 0.0244. The van der Waals surface area contributed by atoms with Crippen LogP contribution in [0.4, 0.5) is 5.95 Å². The Morgan fingerprint density at radius 1 is 1.62 bits per heavy atom. The number of hydrogen-bond donors (Lipinski definition) is 2. The topological polar surface area (TPSA) is 147 Å². The molecule has 0 amide bonds. The number of nitrogens with one attached hydrogen (secondary N) is 1. The maximum Gasteiger partial charge on any atom is 0.280 e. The number of aromatic amines is 1. The molecule has 2 aromatic rings. The zero-order chi connectivity index (χ0) is 16.9. The molecule has 2 aliphatic rings. The minimum atomic E-state index is -0.868. The van der Waals surface area contributed by atoms with E-state index in [-0.39, 0.29) is 23.7 Å². The van der Waals surface area contributed by atoms with E-state index in [0.29, 0.717) is 13.0 Å². The highest BCUT2D eigenvalue weighted by atomic mass is 16.6. The number of methoxy groups -OCH3 is 1. The van der Waals surface area contributed by atoms with Gasteiger partial charge in [0.15, 0.2) is 17.4 Å². The second kappa shape index (κ2) is 5.33. The quantitative estimate of drug-likeness (QED) is 0.713. The molecule has 24 heavy (non-hydrogen) atoms. The minimum Gasteiger partial charge on any atom is -0.375 e. The fraction of sp³-hybridized carbons (Fsp3) is 0.615. The summed E-state index contributed by atoms with van der Waals surface area (Å²) in [5, 5.41) is 3.01. The molecule has 4 rings (SSSR count). The number of hydrogen-bond acceptors (Lipinski definition) is 9. The molecule has 0 aliphatic carbocycles. The summed E-state index contributed by atoms with van der Waals surface area (Å²) in [5.74, 6) is -0.0244. The van der Waals surface area contributed by atoms with Crippen molar-refractivity contribution >= 4 is 17.1 Å². The van der Waals surface area contributed by atoms with Gasteiger partial charge in [-0.3, -0.25) is 14.3 Å². The lowest BCUT2D eigenvalue weighted by molar-refractivity contribution is -0.129. The number of aromatic nitrogens is 4. The van der Waals surface area contributed by atoms with Gasteiger partial charge in [-0.2, -0.15) is 9.89 Å². The molecule has 4 heterocycles. The summed E-state index contributed by atoms with van der Waals surface area (Å²) in [7, 11) is 1.53. The second-order valence-corrected chi connectivity index (χ2v) is 5.88. The lowest BCUT2D eigenvalue weighted by atomic mass is 9.89. The maximum absolute atomic E-state index is 11.9. The SMILES string of the molecule is COC1C2OCC[C@]1(CN=O)OC2n1cnc2c(=O)[nH]c(N)nc21. The normalized spacial score (nSPS) is 32.3. The number of nitrogens with two attached hydrogens (primary N) is 1. The number of H-pyrrole nitrogens is 1. The van der Waals surface area contributed by atoms with E-state index in [1.165, 1.54) is 13.4 Å². The van der Waals surface area contributed by atoms with Crippen molar-refractivity contribution in [3.05, 3.63) is 21.6 Å². The Bertz CT molecular complexity index is 849. The Morgan fingerprint density at radius 2 is 2.46 bits per heavy atom. The Morgan fingerprint density at radius 3 is 3.21 bits per heavy atom. The van der Waals surface area contributed by atoms with Crippen molar-refractivity contribution in [3.8, 4) is 0 Å². The van der Waals surface area contributed by atoms with Crippen molar-refractivity contribution in [2.75, 3.05) is 26.0 Å². The van der Waals surface area contributed by atoms with Gasteiger partial charge in [-0.25, -0.2) is 4.98 Å². The number of fused-ring (bicyclic) bond motifs is 3. The van der Waals surface area contributed by atoms with Gasteiger partial charge in [0.2, 0.25) is 5.95 Å². The maximum atomic E-state index is 11.9. The van der Waals surface area contributed by atoms with Crippen LogP contribution >= 0.6 is 0 Å². The van der Waals surface area contributed by atoms with Gasteiger partial charge in [0.05, 0.1) is 12.9 Å². The van der Waals surface area contributed by atoms with E-state index >= 15 is 0 Å². The Kier molecular flexibility index (Phi) is 3.37. The van der Waals surface area contributed by atoms with E-state index in [1.54, 1.807) is 4.57 Å². The number of imidazole rings is 1. The summed E-state index contributed by atoms with van der Waals surface area (Å²) in [6, 6.07) is 0. The number of anilines is 1. The monoisotopic (exact) mass is 336 g/mol. The van der Waals surface area contributed by atoms with E-state index < -0.39 is 29.6 Å². The number of nitroso groups, excluding NO2 is 1. The standard InChI is InChI=1S/C13H16N6O5/c1-22-8-7-11(24-13(8,4-16-21)2-3-23-7)19-5-15-6-9(19)17-12(14)18-10(6)20/h5,7-8,11H,2-4H2,1H3,(H3,14,17,18,20)/t7?,8?,11?,13-/m1/s1. The molecule has 0 radical (unpaired) electrons. The van der Waals surface area contributed by atoms with Crippen LogP contribution in [-0.4, -0.2) is 57.6 Å². The molecule has 2 aliphatic heterocycles. The predicted molar refractivity (Wildman–Crippen MR) is 81.2 cm³/mol. The Hall–Kier alpha value is -2.37. The van der Waals surface area contributed by atoms with E-state index in [1.807, 2.05) is 0 Å². The molecule has 3 N–H and O–H groups in total. The highest BCUT2D eigenvalue weighted by Gasteiger charge is 2.60. The number of nitrogen functional groups attached to an aromatic ring is 1. The van der Waals surface area contributed by atoms with E-state index in [2.05, 4.69) is 20.1 Å². The first-order chi connectivity index (χ1) is 11.6. The largest absolute Gasteiger partial charge is 0.375 e. The van der Waals surface area contributed by atoms with Crippen LogP contribution in [0.5, 0.6) is 0 Å². The molecule has 3 unspecified atom stereocenters. The summed E-state index contributed by atoms with van der Waals surface area (Å²) < 4.78 is 19.0. The summed E-state index contributed by atoms with van der Waals surface area (Å²) >= 11 is 0. The molecule has 0 spiro atoms. The second-order valence-electron chi connectivity index (χ2n) is 5.88. The van der Waals surface area contributed by atoms with Crippen LogP contribution in [0, 0.1) is 4.91 Å². The molecular weight excluding hydrogens is 320 g/mol. The van der Waals surface area contributed by atoms with Gasteiger partial charge >= 0.3 is 0 Å². The zero-order valence-corrected chi connectivity index (χ0v) is 12.8. The highest BCUT2D eigenvalue weighted by Crippen LogP contribution is 2.46. The molecule has 4 atom stereocenters. The third-order valence-electron chi connectivity index (χ3n) is 4.60. The lowest BCUT2D eigenvalue weighted by Gasteiger charge is -2.35. The third-order valence-corrected chi connectivity index (χ3v) is 4.60. The molecule has 11 heteroatoms. The molecule has 2 bridgehead atoms. The number of nitrogens with zero attached hydrogens (tertiary/aromatic N) is 4. The average Bonchev–Trinajstić information content (AvgIpc) is 3.02. The smallest absolute Gasteiger partial charge is 0.280 e. The molecule has 2 aromatic heterocycles. The van der Waals surface area contributed by atoms with Crippen molar-refractivity contribution in [2.24, 2.45) is 5.18 Å². The molecule has 11 nitrogen and oxygen atoms in total. The van der Waals surface area contributed by atoms with Crippen molar-refractivity contribution in [2.45, 2.75) is 30.5 Å². The van der Waals surface area contributed by atoms with E-state index in [9.17, 15) is 9.70 Å². The van der Waals surface area contributed by atoms with Crippen LogP contribution in [0.25, 0.3) is 11.2 Å². The first-order valence-corrected chi connectivity index (χ1v) is 7.43. The molecule has 0 aromatic carbocycles. The van der Waals surface area contributed by atoms with Gasteiger partial charge in [0.25, 0.3) is 5.56 Å². The van der Waals surface area contributed by atoms with Crippen LogP contribution < -0.4 is 11.3 Å². The third kappa shape index (κ3) is 1.98. The van der Waals surface area contributed by atoms with Crippen molar-refractivity contribution in [1.82, 2.24) is 19.5 Å². The molecule has 2 saturated heterocycles. The van der Waals surface area contributed by atoms with Gasteiger partial charge in [0, 0.05) is 13.5 Å². The Balaban J connectivity index is 1.83. The number of rotatable bonds is 4. The summed E-state index contributed by atoms with van der Waals surface area (Å²) in [4.78, 5) is 33.4. The van der Waals surface area contributed by atoms with Crippen LogP contribution in [0.1, 0.15) is 12.6 Å². The van der Waals surface area contributed by atoms with Gasteiger partial charge in [0.1, 0.15) is 24.4 Å². The van der Waals surface area contributed by atoms with Gasteiger partial charge in [-0.1, -0.05) is 5.18 Å². The van der Waals surface area contributed by atoms with Crippen molar-refractivity contribution in [1.29, 1.82) is 0 Å². The van der Waals surface area contributed by atoms with Crippen LogP contribution in [0.3, 0.4) is 0 Å². The van der Waals surface area contributed by atoms with Crippen LogP contribution in [0.15, 0.2) is 16.3 Å². The average molecular weight is 336 g/mol. The lowest BCUT2D eigenvalue weighted by Crippen LogP contribution is -2.51. The zero-order valence-electron chi connectivity index (χ0n) is 12.8. The van der Waals surface area contributed by atoms with Crippen molar-refractivity contribution < 1.29 is 14.2 Å². The summed E-state index contributed by atoms with van der Waals surface area (Å²) in [6.07, 6.45) is 0.317. The molecule has 0 saturated carbocycles. The molecular formula is C13H16N6O5. The fourth-order valence-electron chi connectivity index (χ4n) is 3.57. The summed E-state index contributed by atoms with van der Waals surface area (Å²) in [5.41, 5.74) is 4.74. The van der Waals surface area contributed by atoms with Crippen LogP contribution in [-0.2, 0) is 14.2 Å². The van der Waals surface area contributed by atoms with Crippen LogP contribution in [0.2, 0.25) is 0 Å². The van der Waals surface area contributed by atoms with Gasteiger partial charge < -0.3 is 19.9 Å². The first kappa shape index (κ1) is 15.2. The van der Waals surface area contributed by atoms with E-state index in [4.69, 9.17) is 19.9 Å². The number of ether oxygens (including phenoxy) is 3. The molecule has 128 valence electrons. The fourth-order valence-corrected chi connectivity index (χ4v) is 3.57.